The number of sulfonamides is 2. The maximum absolute atomic E-state index is 12.8. The zero-order valence-electron chi connectivity index (χ0n) is 17.5. The van der Waals surface area contributed by atoms with Crippen molar-refractivity contribution in [2.45, 2.75) is 35.8 Å². The number of thiophene rings is 1. The van der Waals surface area contributed by atoms with Crippen molar-refractivity contribution in [2.24, 2.45) is 5.92 Å². The molecule has 11 heteroatoms. The summed E-state index contributed by atoms with van der Waals surface area (Å²) in [6.07, 6.45) is 1.19. The summed E-state index contributed by atoms with van der Waals surface area (Å²) in [7, 11) is -7.16. The minimum absolute atomic E-state index is 0.125. The molecule has 1 atom stereocenters. The van der Waals surface area contributed by atoms with Crippen LogP contribution in [0.2, 0.25) is 0 Å². The highest BCUT2D eigenvalue weighted by atomic mass is 32.2. The van der Waals surface area contributed by atoms with Crippen molar-refractivity contribution >= 4 is 43.0 Å². The van der Waals surface area contributed by atoms with Gasteiger partial charge in [-0.3, -0.25) is 4.79 Å². The standard InChI is InChI=1S/C20H27N3O5S3/c1-3-22(4-2)30(25,26)18-11-9-17(10-12-18)21-20(24)16-7-5-13-23(15-16)31(27,28)19-8-6-14-29-19/h6,8-12,14,16H,3-5,7,13,15H2,1-2H3,(H,21,24)/t16-/m0/s1. The van der Waals surface area contributed by atoms with Gasteiger partial charge in [0.2, 0.25) is 15.9 Å². The summed E-state index contributed by atoms with van der Waals surface area (Å²) in [5, 5.41) is 4.50. The number of hydrogen-bond acceptors (Lipinski definition) is 6. The van der Waals surface area contributed by atoms with Gasteiger partial charge in [0.15, 0.2) is 0 Å². The molecular formula is C20H27N3O5S3. The van der Waals surface area contributed by atoms with E-state index < -0.39 is 26.0 Å². The maximum Gasteiger partial charge on any atom is 0.252 e. The first-order valence-electron chi connectivity index (χ1n) is 10.1. The van der Waals surface area contributed by atoms with Crippen molar-refractivity contribution in [1.82, 2.24) is 8.61 Å². The van der Waals surface area contributed by atoms with Crippen LogP contribution in [0.4, 0.5) is 5.69 Å². The second-order valence-corrected chi connectivity index (χ2v) is 12.3. The molecule has 1 aliphatic heterocycles. The SMILES string of the molecule is CCN(CC)S(=O)(=O)c1ccc(NC(=O)[C@H]2CCCN(S(=O)(=O)c3cccs3)C2)cc1. The van der Waals surface area contributed by atoms with Gasteiger partial charge >= 0.3 is 0 Å². The number of nitrogens with one attached hydrogen (secondary N) is 1. The van der Waals surface area contributed by atoms with Gasteiger partial charge in [0.05, 0.1) is 10.8 Å². The van der Waals surface area contributed by atoms with Crippen molar-refractivity contribution in [3.05, 3.63) is 41.8 Å². The van der Waals surface area contributed by atoms with E-state index in [0.29, 0.717) is 38.2 Å². The molecule has 1 aromatic heterocycles. The van der Waals surface area contributed by atoms with Crippen molar-refractivity contribution < 1.29 is 21.6 Å². The third-order valence-electron chi connectivity index (χ3n) is 5.31. The number of benzene rings is 1. The third kappa shape index (κ3) is 5.17. The van der Waals surface area contributed by atoms with Gasteiger partial charge in [-0.15, -0.1) is 11.3 Å². The molecule has 1 N–H and O–H groups in total. The number of rotatable bonds is 8. The van der Waals surface area contributed by atoms with Crippen LogP contribution in [0.5, 0.6) is 0 Å². The summed E-state index contributed by atoms with van der Waals surface area (Å²) in [5.74, 6) is -0.743. The quantitative estimate of drug-likeness (QED) is 0.619. The molecule has 0 bridgehead atoms. The molecule has 3 rings (SSSR count). The average molecular weight is 486 g/mol. The topological polar surface area (TPSA) is 104 Å². The first-order valence-corrected chi connectivity index (χ1v) is 13.9. The van der Waals surface area contributed by atoms with Crippen molar-refractivity contribution in [3.63, 3.8) is 0 Å². The van der Waals surface area contributed by atoms with Crippen LogP contribution < -0.4 is 5.32 Å². The van der Waals surface area contributed by atoms with Gasteiger partial charge in [0, 0.05) is 31.9 Å². The van der Waals surface area contributed by atoms with Crippen LogP contribution in [0.15, 0.2) is 50.9 Å². The maximum atomic E-state index is 12.8. The lowest BCUT2D eigenvalue weighted by Gasteiger charge is -2.30. The van der Waals surface area contributed by atoms with Gasteiger partial charge in [-0.1, -0.05) is 19.9 Å². The number of amides is 1. The van der Waals surface area contributed by atoms with Crippen molar-refractivity contribution in [2.75, 3.05) is 31.5 Å². The van der Waals surface area contributed by atoms with E-state index in [2.05, 4.69) is 5.32 Å². The zero-order chi connectivity index (χ0) is 22.6. The molecule has 1 amide bonds. The number of carbonyl (C=O) groups excluding carboxylic acids is 1. The monoisotopic (exact) mass is 485 g/mol. The molecule has 0 aliphatic carbocycles. The molecule has 8 nitrogen and oxygen atoms in total. The highest BCUT2D eigenvalue weighted by molar-refractivity contribution is 7.91. The van der Waals surface area contributed by atoms with Crippen LogP contribution >= 0.6 is 11.3 Å². The van der Waals surface area contributed by atoms with E-state index in [1.807, 2.05) is 0 Å². The highest BCUT2D eigenvalue weighted by Gasteiger charge is 2.34. The fraction of sp³-hybridized carbons (Fsp3) is 0.450. The average Bonchev–Trinajstić information content (AvgIpc) is 3.31. The van der Waals surface area contributed by atoms with Crippen LogP contribution in [0.3, 0.4) is 0 Å². The van der Waals surface area contributed by atoms with Crippen LogP contribution in [0.25, 0.3) is 0 Å². The lowest BCUT2D eigenvalue weighted by molar-refractivity contribution is -0.120. The molecule has 2 aromatic rings. The number of carbonyl (C=O) groups is 1. The number of anilines is 1. The summed E-state index contributed by atoms with van der Waals surface area (Å²) in [5.41, 5.74) is 0.474. The smallest absolute Gasteiger partial charge is 0.252 e. The van der Waals surface area contributed by atoms with E-state index in [9.17, 15) is 21.6 Å². The minimum Gasteiger partial charge on any atom is -0.326 e. The van der Waals surface area contributed by atoms with Gasteiger partial charge in [-0.25, -0.2) is 16.8 Å². The largest absolute Gasteiger partial charge is 0.326 e. The molecule has 0 saturated carbocycles. The normalized spacial score (nSPS) is 18.2. The second-order valence-electron chi connectivity index (χ2n) is 7.24. The molecule has 1 saturated heterocycles. The number of hydrogen-bond donors (Lipinski definition) is 1. The molecule has 2 heterocycles. The van der Waals surface area contributed by atoms with E-state index in [4.69, 9.17) is 0 Å². The fourth-order valence-corrected chi connectivity index (χ4v) is 7.71. The molecule has 31 heavy (non-hydrogen) atoms. The predicted molar refractivity (Wildman–Crippen MR) is 121 cm³/mol. The molecule has 170 valence electrons. The van der Waals surface area contributed by atoms with Gasteiger partial charge in [0.25, 0.3) is 10.0 Å². The highest BCUT2D eigenvalue weighted by Crippen LogP contribution is 2.27. The number of nitrogens with zero attached hydrogens (tertiary/aromatic N) is 2. The summed E-state index contributed by atoms with van der Waals surface area (Å²) in [6.45, 7) is 4.83. The lowest BCUT2D eigenvalue weighted by Crippen LogP contribution is -2.43. The van der Waals surface area contributed by atoms with E-state index in [1.165, 1.54) is 20.7 Å². The van der Waals surface area contributed by atoms with E-state index in [-0.39, 0.29) is 21.6 Å². The summed E-state index contributed by atoms with van der Waals surface area (Å²) in [4.78, 5) is 12.9. The molecular weight excluding hydrogens is 458 g/mol. The summed E-state index contributed by atoms with van der Waals surface area (Å²) >= 11 is 1.16. The van der Waals surface area contributed by atoms with Crippen LogP contribution in [-0.4, -0.2) is 57.5 Å². The van der Waals surface area contributed by atoms with E-state index in [0.717, 1.165) is 11.3 Å². The third-order valence-corrected chi connectivity index (χ3v) is 10.6. The molecule has 0 spiro atoms. The van der Waals surface area contributed by atoms with Gasteiger partial charge < -0.3 is 5.32 Å². The van der Waals surface area contributed by atoms with Gasteiger partial charge in [0.1, 0.15) is 4.21 Å². The molecule has 1 fully saturated rings. The van der Waals surface area contributed by atoms with Gasteiger partial charge in [-0.2, -0.15) is 8.61 Å². The van der Waals surface area contributed by atoms with E-state index in [1.54, 1.807) is 43.5 Å². The molecule has 1 aliphatic rings. The Morgan fingerprint density at radius 2 is 1.81 bits per heavy atom. The lowest BCUT2D eigenvalue weighted by atomic mass is 9.99. The fourth-order valence-electron chi connectivity index (χ4n) is 3.58. The van der Waals surface area contributed by atoms with Gasteiger partial charge in [-0.05, 0) is 48.6 Å². The summed E-state index contributed by atoms with van der Waals surface area (Å²) < 4.78 is 53.7. The second kappa shape index (κ2) is 9.78. The van der Waals surface area contributed by atoms with Crippen LogP contribution in [0, 0.1) is 5.92 Å². The Hall–Kier alpha value is -1.79. The Bertz CT molecular complexity index is 1090. The predicted octanol–water partition coefficient (Wildman–Crippen LogP) is 2.82. The van der Waals surface area contributed by atoms with Crippen LogP contribution in [-0.2, 0) is 24.8 Å². The van der Waals surface area contributed by atoms with Crippen molar-refractivity contribution in [3.8, 4) is 0 Å². The first-order chi connectivity index (χ1) is 14.7. The minimum atomic E-state index is -3.59. The van der Waals surface area contributed by atoms with Crippen LogP contribution in [0.1, 0.15) is 26.7 Å². The molecule has 0 unspecified atom stereocenters. The Kier molecular flexibility index (Phi) is 7.53. The van der Waals surface area contributed by atoms with E-state index >= 15 is 0 Å². The molecule has 0 radical (unpaired) electrons. The number of piperidine rings is 1. The summed E-state index contributed by atoms with van der Waals surface area (Å²) in [6, 6.07) is 9.30. The first kappa shape index (κ1) is 23.9. The zero-order valence-corrected chi connectivity index (χ0v) is 20.0. The Morgan fingerprint density at radius 1 is 1.13 bits per heavy atom. The Balaban J connectivity index is 1.67. The van der Waals surface area contributed by atoms with Crippen molar-refractivity contribution in [1.29, 1.82) is 0 Å². The Labute approximate surface area is 188 Å². The molecule has 1 aromatic carbocycles. The Morgan fingerprint density at radius 3 is 2.39 bits per heavy atom.